The summed E-state index contributed by atoms with van der Waals surface area (Å²) >= 11 is 4.44. The van der Waals surface area contributed by atoms with Gasteiger partial charge in [-0.25, -0.2) is 0 Å². The van der Waals surface area contributed by atoms with Crippen LogP contribution < -0.4 is 10.5 Å². The van der Waals surface area contributed by atoms with Gasteiger partial charge in [-0.05, 0) is 22.9 Å². The molecule has 0 bridgehead atoms. The van der Waals surface area contributed by atoms with Crippen LogP contribution >= 0.6 is 12.2 Å². The molecule has 2 aromatic carbocycles. The lowest BCUT2D eigenvalue weighted by Crippen LogP contribution is -2.38. The minimum atomic E-state index is -4.50. The standard InChI is InChI=1S/C14H12F3NOS/c15-14(16,17)12(13(18)20)8-19-11-6-5-9-3-1-2-4-10(9)7-11/h1-7,12H,8H2,(H2,18,20). The van der Waals surface area contributed by atoms with Crippen molar-refractivity contribution in [2.75, 3.05) is 6.61 Å². The van der Waals surface area contributed by atoms with Gasteiger partial charge in [0.05, 0.1) is 4.99 Å². The Hall–Kier alpha value is -1.82. The van der Waals surface area contributed by atoms with Crippen LogP contribution in [0.5, 0.6) is 5.75 Å². The Balaban J connectivity index is 2.14. The molecular formula is C14H12F3NOS. The summed E-state index contributed by atoms with van der Waals surface area (Å²) in [5.74, 6) is -1.59. The minimum absolute atomic E-state index is 0.356. The second-order valence-electron chi connectivity index (χ2n) is 4.32. The number of alkyl halides is 3. The van der Waals surface area contributed by atoms with Gasteiger partial charge in [-0.15, -0.1) is 0 Å². The fourth-order valence-electron chi connectivity index (χ4n) is 1.77. The Kier molecular flexibility index (Phi) is 4.13. The molecule has 2 nitrogen and oxygen atoms in total. The molecule has 0 aromatic heterocycles. The zero-order valence-electron chi connectivity index (χ0n) is 10.4. The SMILES string of the molecule is NC(=S)C(COc1ccc2ccccc2c1)C(F)(F)F. The normalized spacial score (nSPS) is 13.2. The summed E-state index contributed by atoms with van der Waals surface area (Å²) in [4.78, 5) is -0.613. The third-order valence-corrected chi connectivity index (χ3v) is 3.16. The van der Waals surface area contributed by atoms with Gasteiger partial charge in [0.2, 0.25) is 0 Å². The molecule has 1 atom stereocenters. The summed E-state index contributed by atoms with van der Waals surface area (Å²) in [5, 5.41) is 1.88. The summed E-state index contributed by atoms with van der Waals surface area (Å²) in [5.41, 5.74) is 5.11. The van der Waals surface area contributed by atoms with E-state index < -0.39 is 23.7 Å². The smallest absolute Gasteiger partial charge is 0.401 e. The van der Waals surface area contributed by atoms with E-state index in [-0.39, 0.29) is 0 Å². The molecule has 0 spiro atoms. The van der Waals surface area contributed by atoms with E-state index in [1.54, 1.807) is 18.2 Å². The van der Waals surface area contributed by atoms with Crippen molar-refractivity contribution in [3.8, 4) is 5.75 Å². The molecule has 2 aromatic rings. The molecule has 106 valence electrons. The van der Waals surface area contributed by atoms with E-state index in [4.69, 9.17) is 10.5 Å². The summed E-state index contributed by atoms with van der Waals surface area (Å²) in [6.07, 6.45) is -4.50. The van der Waals surface area contributed by atoms with Crippen LogP contribution in [-0.2, 0) is 0 Å². The maximum absolute atomic E-state index is 12.7. The lowest BCUT2D eigenvalue weighted by atomic mass is 10.1. The van der Waals surface area contributed by atoms with Crippen LogP contribution in [0, 0.1) is 5.92 Å². The molecule has 0 saturated heterocycles. The predicted molar refractivity (Wildman–Crippen MR) is 75.8 cm³/mol. The van der Waals surface area contributed by atoms with Gasteiger partial charge in [-0.3, -0.25) is 0 Å². The highest BCUT2D eigenvalue weighted by atomic mass is 32.1. The fraction of sp³-hybridized carbons (Fsp3) is 0.214. The highest BCUT2D eigenvalue weighted by Crippen LogP contribution is 2.28. The van der Waals surface area contributed by atoms with Crippen LogP contribution in [0.2, 0.25) is 0 Å². The van der Waals surface area contributed by atoms with Crippen molar-refractivity contribution in [2.45, 2.75) is 6.18 Å². The van der Waals surface area contributed by atoms with Crippen molar-refractivity contribution >= 4 is 28.0 Å². The zero-order valence-corrected chi connectivity index (χ0v) is 11.2. The van der Waals surface area contributed by atoms with Crippen molar-refractivity contribution in [3.63, 3.8) is 0 Å². The topological polar surface area (TPSA) is 35.2 Å². The van der Waals surface area contributed by atoms with E-state index in [1.807, 2.05) is 24.3 Å². The summed E-state index contributed by atoms with van der Waals surface area (Å²) in [6, 6.07) is 12.6. The Labute approximate surface area is 119 Å². The van der Waals surface area contributed by atoms with Crippen molar-refractivity contribution in [3.05, 3.63) is 42.5 Å². The second kappa shape index (κ2) is 5.66. The molecule has 20 heavy (non-hydrogen) atoms. The van der Waals surface area contributed by atoms with E-state index in [1.165, 1.54) is 0 Å². The Bertz CT molecular complexity index is 627. The van der Waals surface area contributed by atoms with E-state index in [2.05, 4.69) is 12.2 Å². The molecule has 0 saturated carbocycles. The quantitative estimate of drug-likeness (QED) is 0.875. The number of hydrogen-bond acceptors (Lipinski definition) is 2. The number of hydrogen-bond donors (Lipinski definition) is 1. The lowest BCUT2D eigenvalue weighted by molar-refractivity contribution is -0.161. The van der Waals surface area contributed by atoms with E-state index in [9.17, 15) is 13.2 Å². The van der Waals surface area contributed by atoms with Gasteiger partial charge in [-0.2, -0.15) is 13.2 Å². The van der Waals surface area contributed by atoms with E-state index in [0.29, 0.717) is 5.75 Å². The van der Waals surface area contributed by atoms with Crippen LogP contribution in [0.25, 0.3) is 10.8 Å². The van der Waals surface area contributed by atoms with Gasteiger partial charge in [0.15, 0.2) is 0 Å². The molecular weight excluding hydrogens is 287 g/mol. The maximum Gasteiger partial charge on any atom is 0.401 e. The van der Waals surface area contributed by atoms with Crippen molar-refractivity contribution in [1.82, 2.24) is 0 Å². The number of fused-ring (bicyclic) bond motifs is 1. The average Bonchev–Trinajstić information content (AvgIpc) is 2.36. The van der Waals surface area contributed by atoms with E-state index in [0.717, 1.165) is 10.8 Å². The molecule has 2 N–H and O–H groups in total. The van der Waals surface area contributed by atoms with Gasteiger partial charge < -0.3 is 10.5 Å². The summed E-state index contributed by atoms with van der Waals surface area (Å²) in [7, 11) is 0. The molecule has 0 aliphatic carbocycles. The molecule has 0 aliphatic rings. The Morgan fingerprint density at radius 3 is 2.40 bits per heavy atom. The molecule has 0 radical (unpaired) electrons. The van der Waals surface area contributed by atoms with Gasteiger partial charge in [-0.1, -0.05) is 42.5 Å². The lowest BCUT2D eigenvalue weighted by Gasteiger charge is -2.19. The van der Waals surface area contributed by atoms with Crippen molar-refractivity contribution in [2.24, 2.45) is 11.7 Å². The average molecular weight is 299 g/mol. The third-order valence-electron chi connectivity index (χ3n) is 2.88. The molecule has 2 rings (SSSR count). The molecule has 0 aliphatic heterocycles. The number of ether oxygens (including phenoxy) is 1. The van der Waals surface area contributed by atoms with Crippen molar-refractivity contribution < 1.29 is 17.9 Å². The van der Waals surface area contributed by atoms with Gasteiger partial charge in [0, 0.05) is 0 Å². The van der Waals surface area contributed by atoms with E-state index >= 15 is 0 Å². The first kappa shape index (κ1) is 14.6. The molecule has 6 heteroatoms. The highest BCUT2D eigenvalue weighted by molar-refractivity contribution is 7.80. The summed E-state index contributed by atoms with van der Waals surface area (Å²) in [6.45, 7) is -0.614. The van der Waals surface area contributed by atoms with Gasteiger partial charge >= 0.3 is 6.18 Å². The number of thiocarbonyl (C=S) groups is 1. The minimum Gasteiger partial charge on any atom is -0.492 e. The monoisotopic (exact) mass is 299 g/mol. The highest BCUT2D eigenvalue weighted by Gasteiger charge is 2.42. The molecule has 0 fully saturated rings. The number of rotatable bonds is 4. The maximum atomic E-state index is 12.7. The Morgan fingerprint density at radius 2 is 1.80 bits per heavy atom. The van der Waals surface area contributed by atoms with Crippen LogP contribution in [0.1, 0.15) is 0 Å². The van der Waals surface area contributed by atoms with Crippen LogP contribution in [0.4, 0.5) is 13.2 Å². The Morgan fingerprint density at radius 1 is 1.15 bits per heavy atom. The zero-order chi connectivity index (χ0) is 14.8. The largest absolute Gasteiger partial charge is 0.492 e. The van der Waals surface area contributed by atoms with Crippen LogP contribution in [0.15, 0.2) is 42.5 Å². The fourth-order valence-corrected chi connectivity index (χ4v) is 1.98. The molecule has 0 amide bonds. The molecule has 0 heterocycles. The summed E-state index contributed by atoms with van der Waals surface area (Å²) < 4.78 is 43.2. The van der Waals surface area contributed by atoms with Crippen LogP contribution in [-0.4, -0.2) is 17.8 Å². The van der Waals surface area contributed by atoms with Gasteiger partial charge in [0.1, 0.15) is 18.3 Å². The number of nitrogens with two attached hydrogens (primary N) is 1. The second-order valence-corrected chi connectivity index (χ2v) is 4.79. The van der Waals surface area contributed by atoms with Crippen molar-refractivity contribution in [1.29, 1.82) is 0 Å². The van der Waals surface area contributed by atoms with Gasteiger partial charge in [0.25, 0.3) is 0 Å². The first-order chi connectivity index (χ1) is 9.38. The molecule has 1 unspecified atom stereocenters. The first-order valence-electron chi connectivity index (χ1n) is 5.85. The van der Waals surface area contributed by atoms with Crippen LogP contribution in [0.3, 0.4) is 0 Å². The third kappa shape index (κ3) is 3.39. The number of benzene rings is 2. The predicted octanol–water partition coefficient (Wildman–Crippen LogP) is 3.68. The first-order valence-corrected chi connectivity index (χ1v) is 6.26. The number of halogens is 3.